The highest BCUT2D eigenvalue weighted by Gasteiger charge is 2.21. The van der Waals surface area contributed by atoms with Crippen molar-refractivity contribution in [2.75, 3.05) is 19.3 Å². The average molecular weight is 430 g/mol. The van der Waals surface area contributed by atoms with Crippen LogP contribution in [0.1, 0.15) is 29.5 Å². The highest BCUT2D eigenvalue weighted by Crippen LogP contribution is 2.15. The normalized spacial score (nSPS) is 14.3. The molecule has 1 heterocycles. The molecule has 30 heavy (non-hydrogen) atoms. The van der Waals surface area contributed by atoms with E-state index in [1.807, 2.05) is 59.5 Å². The Labute approximate surface area is 177 Å². The summed E-state index contributed by atoms with van der Waals surface area (Å²) in [6.07, 6.45) is 2.64. The van der Waals surface area contributed by atoms with Crippen molar-refractivity contribution in [3.8, 4) is 0 Å². The summed E-state index contributed by atoms with van der Waals surface area (Å²) in [5.74, 6) is -0.166. The van der Waals surface area contributed by atoms with Crippen LogP contribution in [0.2, 0.25) is 0 Å². The molecule has 1 fully saturated rings. The van der Waals surface area contributed by atoms with Crippen molar-refractivity contribution in [1.82, 2.24) is 14.5 Å². The van der Waals surface area contributed by atoms with Gasteiger partial charge in [-0.2, -0.15) is 4.31 Å². The third kappa shape index (κ3) is 6.40. The number of nitrogens with zero attached hydrogens (tertiary/aromatic N) is 2. The van der Waals surface area contributed by atoms with Crippen LogP contribution in [0.4, 0.5) is 0 Å². The molecular weight excluding hydrogens is 402 g/mol. The number of rotatable bonds is 9. The molecular formula is C22H27N3O4S. The maximum absolute atomic E-state index is 12.3. The molecule has 1 saturated heterocycles. The van der Waals surface area contributed by atoms with Gasteiger partial charge in [0.05, 0.1) is 12.8 Å². The number of hydrogen-bond donors (Lipinski definition) is 1. The summed E-state index contributed by atoms with van der Waals surface area (Å²) in [4.78, 5) is 25.9. The van der Waals surface area contributed by atoms with E-state index in [0.717, 1.165) is 40.2 Å². The molecule has 3 rings (SSSR count). The smallest absolute Gasteiger partial charge is 0.235 e. The Morgan fingerprint density at radius 1 is 1.03 bits per heavy atom. The van der Waals surface area contributed by atoms with Gasteiger partial charge in [0.25, 0.3) is 0 Å². The van der Waals surface area contributed by atoms with Gasteiger partial charge in [-0.25, -0.2) is 8.42 Å². The number of carbonyl (C=O) groups is 2. The monoisotopic (exact) mass is 429 g/mol. The van der Waals surface area contributed by atoms with Crippen LogP contribution in [0, 0.1) is 0 Å². The van der Waals surface area contributed by atoms with Crippen LogP contribution in [0.25, 0.3) is 0 Å². The minimum Gasteiger partial charge on any atom is -0.351 e. The minimum atomic E-state index is -3.52. The van der Waals surface area contributed by atoms with Crippen molar-refractivity contribution in [2.45, 2.75) is 32.5 Å². The van der Waals surface area contributed by atoms with Gasteiger partial charge in [-0.3, -0.25) is 9.59 Å². The first-order valence-electron chi connectivity index (χ1n) is 9.92. The van der Waals surface area contributed by atoms with Crippen LogP contribution in [0.15, 0.2) is 54.6 Å². The lowest BCUT2D eigenvalue weighted by atomic mass is 10.1. The predicted octanol–water partition coefficient (Wildman–Crippen LogP) is 1.89. The standard InChI is InChI=1S/C22H27N3O4S/c1-30(28,29)25(16-19-6-3-2-4-7-19)17-21(26)23-14-18-9-11-20(12-10-18)15-24-13-5-8-22(24)27/h2-4,6-7,9-12H,5,8,13-17H2,1H3,(H,23,26). The molecule has 0 saturated carbocycles. The van der Waals surface area contributed by atoms with Crippen LogP contribution >= 0.6 is 0 Å². The second-order valence-electron chi connectivity index (χ2n) is 7.53. The fourth-order valence-corrected chi connectivity index (χ4v) is 4.08. The molecule has 0 unspecified atom stereocenters. The highest BCUT2D eigenvalue weighted by atomic mass is 32.2. The molecule has 7 nitrogen and oxygen atoms in total. The summed E-state index contributed by atoms with van der Waals surface area (Å²) in [5, 5.41) is 2.78. The van der Waals surface area contributed by atoms with Gasteiger partial charge in [0.15, 0.2) is 0 Å². The van der Waals surface area contributed by atoms with Gasteiger partial charge in [0, 0.05) is 32.6 Å². The van der Waals surface area contributed by atoms with Gasteiger partial charge in [-0.05, 0) is 23.1 Å². The molecule has 8 heteroatoms. The molecule has 2 amide bonds. The van der Waals surface area contributed by atoms with E-state index in [1.54, 1.807) is 0 Å². The second-order valence-corrected chi connectivity index (χ2v) is 9.51. The van der Waals surface area contributed by atoms with Gasteiger partial charge in [-0.1, -0.05) is 54.6 Å². The quantitative estimate of drug-likeness (QED) is 0.660. The molecule has 2 aromatic rings. The molecule has 2 aromatic carbocycles. The summed E-state index contributed by atoms with van der Waals surface area (Å²) in [6.45, 7) is 1.63. The van der Waals surface area contributed by atoms with E-state index in [1.165, 1.54) is 0 Å². The van der Waals surface area contributed by atoms with E-state index in [-0.39, 0.29) is 24.9 Å². The van der Waals surface area contributed by atoms with E-state index in [0.29, 0.717) is 19.5 Å². The summed E-state index contributed by atoms with van der Waals surface area (Å²) in [6, 6.07) is 16.9. The number of amides is 2. The van der Waals surface area contributed by atoms with Crippen LogP contribution in [-0.4, -0.2) is 48.8 Å². The molecule has 1 N–H and O–H groups in total. The first-order chi connectivity index (χ1) is 14.3. The topological polar surface area (TPSA) is 86.8 Å². The first-order valence-corrected chi connectivity index (χ1v) is 11.8. The second kappa shape index (κ2) is 9.86. The number of nitrogens with one attached hydrogen (secondary N) is 1. The highest BCUT2D eigenvalue weighted by molar-refractivity contribution is 7.88. The lowest BCUT2D eigenvalue weighted by Crippen LogP contribution is -2.39. The number of likely N-dealkylation sites (tertiary alicyclic amines) is 1. The van der Waals surface area contributed by atoms with E-state index >= 15 is 0 Å². The van der Waals surface area contributed by atoms with Gasteiger partial charge >= 0.3 is 0 Å². The third-order valence-electron chi connectivity index (χ3n) is 5.05. The average Bonchev–Trinajstić information content (AvgIpc) is 3.11. The van der Waals surface area contributed by atoms with E-state index in [4.69, 9.17) is 0 Å². The fraction of sp³-hybridized carbons (Fsp3) is 0.364. The summed E-state index contributed by atoms with van der Waals surface area (Å²) in [5.41, 5.74) is 2.78. The number of hydrogen-bond acceptors (Lipinski definition) is 4. The molecule has 1 aliphatic rings. The summed E-state index contributed by atoms with van der Waals surface area (Å²) in [7, 11) is -3.52. The fourth-order valence-electron chi connectivity index (χ4n) is 3.35. The molecule has 0 spiro atoms. The zero-order chi connectivity index (χ0) is 21.6. The summed E-state index contributed by atoms with van der Waals surface area (Å²) < 4.78 is 25.3. The minimum absolute atomic E-state index is 0.150. The lowest BCUT2D eigenvalue weighted by molar-refractivity contribution is -0.128. The zero-order valence-corrected chi connectivity index (χ0v) is 17.9. The van der Waals surface area contributed by atoms with Crippen molar-refractivity contribution in [3.63, 3.8) is 0 Å². The maximum Gasteiger partial charge on any atom is 0.235 e. The number of carbonyl (C=O) groups excluding carboxylic acids is 2. The van der Waals surface area contributed by atoms with Gasteiger partial charge < -0.3 is 10.2 Å². The van der Waals surface area contributed by atoms with E-state index in [2.05, 4.69) is 5.32 Å². The Hall–Kier alpha value is -2.71. The molecule has 1 aliphatic heterocycles. The van der Waals surface area contributed by atoms with E-state index in [9.17, 15) is 18.0 Å². The molecule has 0 atom stereocenters. The number of benzene rings is 2. The van der Waals surface area contributed by atoms with E-state index < -0.39 is 10.0 Å². The Kier molecular flexibility index (Phi) is 7.23. The molecule has 160 valence electrons. The van der Waals surface area contributed by atoms with Crippen LogP contribution in [0.3, 0.4) is 0 Å². The molecule has 0 radical (unpaired) electrons. The van der Waals surface area contributed by atoms with Crippen molar-refractivity contribution < 1.29 is 18.0 Å². The SMILES string of the molecule is CS(=O)(=O)N(CC(=O)NCc1ccc(CN2CCCC2=O)cc1)Cc1ccccc1. The Morgan fingerprint density at radius 2 is 1.70 bits per heavy atom. The van der Waals surface area contributed by atoms with Crippen molar-refractivity contribution >= 4 is 21.8 Å². The van der Waals surface area contributed by atoms with Gasteiger partial charge in [-0.15, -0.1) is 0 Å². The lowest BCUT2D eigenvalue weighted by Gasteiger charge is -2.19. The summed E-state index contributed by atoms with van der Waals surface area (Å²) >= 11 is 0. The van der Waals surface area contributed by atoms with Crippen LogP contribution in [0.5, 0.6) is 0 Å². The molecule has 0 bridgehead atoms. The third-order valence-corrected chi connectivity index (χ3v) is 6.24. The predicted molar refractivity (Wildman–Crippen MR) is 115 cm³/mol. The van der Waals surface area contributed by atoms with Crippen molar-refractivity contribution in [1.29, 1.82) is 0 Å². The Bertz CT molecular complexity index is 975. The molecule has 0 aromatic heterocycles. The van der Waals surface area contributed by atoms with Crippen molar-refractivity contribution in [3.05, 3.63) is 71.3 Å². The Morgan fingerprint density at radius 3 is 2.30 bits per heavy atom. The molecule has 0 aliphatic carbocycles. The van der Waals surface area contributed by atoms with Gasteiger partial charge in [0.2, 0.25) is 21.8 Å². The van der Waals surface area contributed by atoms with Gasteiger partial charge in [0.1, 0.15) is 0 Å². The zero-order valence-electron chi connectivity index (χ0n) is 17.1. The number of sulfonamides is 1. The van der Waals surface area contributed by atoms with Crippen molar-refractivity contribution in [2.24, 2.45) is 0 Å². The maximum atomic E-state index is 12.3. The van der Waals surface area contributed by atoms with Crippen LogP contribution < -0.4 is 5.32 Å². The largest absolute Gasteiger partial charge is 0.351 e. The first kappa shape index (κ1) is 22.0. The Balaban J connectivity index is 1.51. The van der Waals surface area contributed by atoms with Crippen LogP contribution in [-0.2, 0) is 39.2 Å².